The van der Waals surface area contributed by atoms with Crippen molar-refractivity contribution in [3.63, 3.8) is 0 Å². The van der Waals surface area contributed by atoms with Gasteiger partial charge in [0.05, 0.1) is 29.7 Å². The van der Waals surface area contributed by atoms with Crippen molar-refractivity contribution >= 4 is 35.1 Å². The molecular formula is C13H15Cl2NO5. The van der Waals surface area contributed by atoms with Crippen LogP contribution in [0.3, 0.4) is 0 Å². The third-order valence-corrected chi connectivity index (χ3v) is 3.19. The zero-order chi connectivity index (χ0) is 15.8. The molecule has 6 nitrogen and oxygen atoms in total. The Morgan fingerprint density at radius 3 is 2.62 bits per heavy atom. The van der Waals surface area contributed by atoms with Crippen LogP contribution in [0.4, 0.5) is 0 Å². The highest BCUT2D eigenvalue weighted by Crippen LogP contribution is 2.26. The molecule has 1 unspecified atom stereocenters. The topological polar surface area (TPSA) is 84.9 Å². The van der Waals surface area contributed by atoms with Crippen LogP contribution in [0.15, 0.2) is 18.2 Å². The van der Waals surface area contributed by atoms with Gasteiger partial charge in [0.15, 0.2) is 6.04 Å². The van der Waals surface area contributed by atoms with Gasteiger partial charge in [-0.2, -0.15) is 0 Å². The number of carboxylic acid groups (broad SMARTS) is 1. The summed E-state index contributed by atoms with van der Waals surface area (Å²) in [7, 11) is 1.36. The molecule has 0 spiro atoms. The van der Waals surface area contributed by atoms with Crippen molar-refractivity contribution in [2.75, 3.05) is 20.3 Å². The third-order valence-electron chi connectivity index (χ3n) is 2.46. The number of aliphatic carboxylic acids is 1. The Balaban J connectivity index is 2.39. The Labute approximate surface area is 131 Å². The highest BCUT2D eigenvalue weighted by atomic mass is 35.5. The highest BCUT2D eigenvalue weighted by molar-refractivity contribution is 6.42. The summed E-state index contributed by atoms with van der Waals surface area (Å²) in [6, 6.07) is 3.66. The van der Waals surface area contributed by atoms with Gasteiger partial charge >= 0.3 is 5.97 Å². The van der Waals surface area contributed by atoms with Crippen LogP contribution in [0, 0.1) is 0 Å². The number of carboxylic acids is 1. The fraction of sp³-hybridized carbons (Fsp3) is 0.385. The molecule has 0 aliphatic heterocycles. The largest absolute Gasteiger partial charge is 0.493 e. The highest BCUT2D eigenvalue weighted by Gasteiger charge is 2.19. The lowest BCUT2D eigenvalue weighted by Gasteiger charge is -2.13. The molecule has 1 amide bonds. The molecule has 0 radical (unpaired) electrons. The summed E-state index contributed by atoms with van der Waals surface area (Å²) in [6.45, 7) is -0.0160. The van der Waals surface area contributed by atoms with Gasteiger partial charge in [-0.15, -0.1) is 0 Å². The second-order valence-electron chi connectivity index (χ2n) is 4.09. The molecule has 0 aliphatic rings. The maximum atomic E-state index is 11.6. The van der Waals surface area contributed by atoms with E-state index in [0.29, 0.717) is 15.8 Å². The number of rotatable bonds is 8. The normalized spacial score (nSPS) is 11.8. The molecule has 1 rings (SSSR count). The first kappa shape index (κ1) is 17.6. The van der Waals surface area contributed by atoms with Crippen molar-refractivity contribution in [2.24, 2.45) is 0 Å². The van der Waals surface area contributed by atoms with Gasteiger partial charge in [0.25, 0.3) is 0 Å². The smallest absolute Gasteiger partial charge is 0.328 e. The first-order chi connectivity index (χ1) is 9.93. The molecule has 0 fully saturated rings. The fourth-order valence-electron chi connectivity index (χ4n) is 1.44. The second kappa shape index (κ2) is 8.71. The second-order valence-corrected chi connectivity index (χ2v) is 4.90. The molecule has 116 valence electrons. The van der Waals surface area contributed by atoms with E-state index in [1.54, 1.807) is 12.1 Å². The molecule has 1 aromatic carbocycles. The molecule has 2 N–H and O–H groups in total. The standard InChI is InChI=1S/C13H15Cl2NO5/c1-20-7-11(13(18)19)16-12(17)4-5-21-8-2-3-9(14)10(15)6-8/h2-3,6,11H,4-5,7H2,1H3,(H,16,17)(H,18,19). The average Bonchev–Trinajstić information content (AvgIpc) is 2.42. The first-order valence-corrected chi connectivity index (χ1v) is 6.78. The minimum atomic E-state index is -1.16. The van der Waals surface area contributed by atoms with Gasteiger partial charge in [0.1, 0.15) is 5.75 Å². The molecule has 1 atom stereocenters. The van der Waals surface area contributed by atoms with Crippen LogP contribution in [-0.2, 0) is 14.3 Å². The number of carbonyl (C=O) groups excluding carboxylic acids is 1. The van der Waals surface area contributed by atoms with E-state index in [1.165, 1.54) is 13.2 Å². The lowest BCUT2D eigenvalue weighted by atomic mass is 10.3. The minimum Gasteiger partial charge on any atom is -0.493 e. The van der Waals surface area contributed by atoms with E-state index in [0.717, 1.165) is 0 Å². The van der Waals surface area contributed by atoms with Crippen LogP contribution in [0.1, 0.15) is 6.42 Å². The molecule has 0 aliphatic carbocycles. The van der Waals surface area contributed by atoms with Crippen molar-refractivity contribution in [2.45, 2.75) is 12.5 Å². The maximum absolute atomic E-state index is 11.6. The number of methoxy groups -OCH3 is 1. The number of amides is 1. The number of ether oxygens (including phenoxy) is 2. The summed E-state index contributed by atoms with van der Waals surface area (Å²) in [5, 5.41) is 12.0. The van der Waals surface area contributed by atoms with Gasteiger partial charge in [-0.3, -0.25) is 4.79 Å². The van der Waals surface area contributed by atoms with E-state index in [1.807, 2.05) is 0 Å². The van der Waals surface area contributed by atoms with Crippen LogP contribution >= 0.6 is 23.2 Å². The Morgan fingerprint density at radius 2 is 2.05 bits per heavy atom. The summed E-state index contributed by atoms with van der Waals surface area (Å²) in [4.78, 5) is 22.4. The van der Waals surface area contributed by atoms with Gasteiger partial charge in [0, 0.05) is 13.2 Å². The quantitative estimate of drug-likeness (QED) is 0.758. The zero-order valence-electron chi connectivity index (χ0n) is 11.3. The van der Waals surface area contributed by atoms with E-state index in [-0.39, 0.29) is 19.6 Å². The Morgan fingerprint density at radius 1 is 1.33 bits per heavy atom. The minimum absolute atomic E-state index is 0.00768. The van der Waals surface area contributed by atoms with Crippen molar-refractivity contribution < 1.29 is 24.2 Å². The van der Waals surface area contributed by atoms with Crippen LogP contribution in [0.5, 0.6) is 5.75 Å². The Hall–Kier alpha value is -1.50. The number of carbonyl (C=O) groups is 2. The number of hydrogen-bond acceptors (Lipinski definition) is 4. The van der Waals surface area contributed by atoms with Crippen molar-refractivity contribution in [3.05, 3.63) is 28.2 Å². The number of hydrogen-bond donors (Lipinski definition) is 2. The van der Waals surface area contributed by atoms with Gasteiger partial charge in [0.2, 0.25) is 5.91 Å². The molecular weight excluding hydrogens is 321 g/mol. The molecule has 1 aromatic rings. The number of halogens is 2. The van der Waals surface area contributed by atoms with Gasteiger partial charge in [-0.1, -0.05) is 23.2 Å². The molecule has 0 saturated heterocycles. The Bertz CT molecular complexity index is 509. The van der Waals surface area contributed by atoms with Crippen molar-refractivity contribution in [3.8, 4) is 5.75 Å². The molecule has 0 bridgehead atoms. The number of nitrogens with one attached hydrogen (secondary N) is 1. The summed E-state index contributed by atoms with van der Waals surface area (Å²) in [5.74, 6) is -1.13. The monoisotopic (exact) mass is 335 g/mol. The van der Waals surface area contributed by atoms with Gasteiger partial charge < -0.3 is 19.9 Å². The SMILES string of the molecule is COCC(NC(=O)CCOc1ccc(Cl)c(Cl)c1)C(=O)O. The molecule has 8 heteroatoms. The third kappa shape index (κ3) is 6.20. The van der Waals surface area contributed by atoms with E-state index in [2.05, 4.69) is 5.32 Å². The molecule has 0 aromatic heterocycles. The van der Waals surface area contributed by atoms with Crippen molar-refractivity contribution in [1.82, 2.24) is 5.32 Å². The zero-order valence-corrected chi connectivity index (χ0v) is 12.8. The van der Waals surface area contributed by atoms with Crippen molar-refractivity contribution in [1.29, 1.82) is 0 Å². The first-order valence-electron chi connectivity index (χ1n) is 6.03. The van der Waals surface area contributed by atoms with E-state index < -0.39 is 17.9 Å². The predicted octanol–water partition coefficient (Wildman–Crippen LogP) is 1.98. The maximum Gasteiger partial charge on any atom is 0.328 e. The summed E-state index contributed by atoms with van der Waals surface area (Å²) < 4.78 is 10.0. The molecule has 0 heterocycles. The average molecular weight is 336 g/mol. The molecule has 0 saturated carbocycles. The summed E-state index contributed by atoms with van der Waals surface area (Å²) >= 11 is 11.6. The van der Waals surface area contributed by atoms with E-state index in [4.69, 9.17) is 37.8 Å². The van der Waals surface area contributed by atoms with Crippen LogP contribution in [0.25, 0.3) is 0 Å². The van der Waals surface area contributed by atoms with Crippen LogP contribution in [0.2, 0.25) is 10.0 Å². The summed E-state index contributed by atoms with van der Waals surface area (Å²) in [6.07, 6.45) is 0.00768. The summed E-state index contributed by atoms with van der Waals surface area (Å²) in [5.41, 5.74) is 0. The van der Waals surface area contributed by atoms with Gasteiger partial charge in [-0.05, 0) is 12.1 Å². The van der Waals surface area contributed by atoms with E-state index in [9.17, 15) is 9.59 Å². The number of benzene rings is 1. The lowest BCUT2D eigenvalue weighted by molar-refractivity contribution is -0.143. The van der Waals surface area contributed by atoms with Crippen LogP contribution in [-0.4, -0.2) is 43.3 Å². The molecule has 21 heavy (non-hydrogen) atoms. The van der Waals surface area contributed by atoms with Crippen LogP contribution < -0.4 is 10.1 Å². The predicted molar refractivity (Wildman–Crippen MR) is 78.0 cm³/mol. The Kier molecular flexibility index (Phi) is 7.28. The van der Waals surface area contributed by atoms with Gasteiger partial charge in [-0.25, -0.2) is 4.79 Å². The fourth-order valence-corrected chi connectivity index (χ4v) is 1.72. The van der Waals surface area contributed by atoms with E-state index >= 15 is 0 Å². The lowest BCUT2D eigenvalue weighted by Crippen LogP contribution is -2.44.